The zero-order valence-electron chi connectivity index (χ0n) is 20.2. The van der Waals surface area contributed by atoms with Crippen molar-refractivity contribution in [1.82, 2.24) is 14.3 Å². The van der Waals surface area contributed by atoms with Gasteiger partial charge in [-0.3, -0.25) is 9.59 Å². The fourth-order valence-electron chi connectivity index (χ4n) is 4.42. The Hall–Kier alpha value is -4.70. The van der Waals surface area contributed by atoms with Crippen LogP contribution in [0, 0.1) is 6.92 Å². The van der Waals surface area contributed by atoms with Crippen LogP contribution < -0.4 is 5.32 Å². The molecule has 2 heterocycles. The topological polar surface area (TPSA) is 138 Å². The summed E-state index contributed by atoms with van der Waals surface area (Å²) in [6.07, 6.45) is 2.72. The van der Waals surface area contributed by atoms with Gasteiger partial charge in [-0.05, 0) is 36.8 Å². The van der Waals surface area contributed by atoms with E-state index in [-0.39, 0.29) is 27.8 Å². The number of rotatable bonds is 8. The molecule has 2 aromatic heterocycles. The van der Waals surface area contributed by atoms with E-state index in [0.717, 1.165) is 26.6 Å². The summed E-state index contributed by atoms with van der Waals surface area (Å²) in [5, 5.41) is 13.1. The van der Waals surface area contributed by atoms with Crippen molar-refractivity contribution in [3.63, 3.8) is 0 Å². The molecule has 0 saturated carbocycles. The fourth-order valence-corrected chi connectivity index (χ4v) is 5.79. The Morgan fingerprint density at radius 1 is 0.947 bits per heavy atom. The number of aryl methyl sites for hydroxylation is 1. The fraction of sp³-hybridized carbons (Fsp3) is 0.107. The number of nitrogens with zero attached hydrogens (tertiary/aromatic N) is 1. The van der Waals surface area contributed by atoms with E-state index in [0.29, 0.717) is 5.56 Å². The summed E-state index contributed by atoms with van der Waals surface area (Å²) >= 11 is 0. The van der Waals surface area contributed by atoms with Crippen LogP contribution in [0.1, 0.15) is 21.5 Å². The first kappa shape index (κ1) is 25.0. The highest BCUT2D eigenvalue weighted by Gasteiger charge is 2.29. The summed E-state index contributed by atoms with van der Waals surface area (Å²) in [5.41, 5.74) is 2.44. The van der Waals surface area contributed by atoms with E-state index in [1.807, 2.05) is 31.2 Å². The number of carbonyl (C=O) groups is 3. The largest absolute Gasteiger partial charge is 0.480 e. The van der Waals surface area contributed by atoms with Crippen LogP contribution in [0.4, 0.5) is 0 Å². The number of carbonyl (C=O) groups excluding carboxylic acids is 2. The van der Waals surface area contributed by atoms with Gasteiger partial charge in [0.1, 0.15) is 6.04 Å². The lowest BCUT2D eigenvalue weighted by molar-refractivity contribution is -0.141. The van der Waals surface area contributed by atoms with Gasteiger partial charge in [-0.1, -0.05) is 54.1 Å². The van der Waals surface area contributed by atoms with Crippen molar-refractivity contribution in [1.29, 1.82) is 0 Å². The Morgan fingerprint density at radius 3 is 2.32 bits per heavy atom. The lowest BCUT2D eigenvalue weighted by atomic mass is 10.0. The summed E-state index contributed by atoms with van der Waals surface area (Å²) in [6, 6.07) is 18.5. The van der Waals surface area contributed by atoms with E-state index in [4.69, 9.17) is 0 Å². The van der Waals surface area contributed by atoms with Crippen LogP contribution in [0.25, 0.3) is 21.8 Å². The second-order valence-corrected chi connectivity index (χ2v) is 10.7. The molecule has 0 aliphatic heterocycles. The second kappa shape index (κ2) is 9.64. The molecule has 38 heavy (non-hydrogen) atoms. The summed E-state index contributed by atoms with van der Waals surface area (Å²) in [5.74, 6) is -3.49. The molecule has 0 unspecified atom stereocenters. The van der Waals surface area contributed by atoms with Gasteiger partial charge in [0, 0.05) is 35.1 Å². The number of nitrogens with one attached hydrogen (secondary N) is 2. The molecule has 0 radical (unpaired) electrons. The first-order chi connectivity index (χ1) is 18.2. The van der Waals surface area contributed by atoms with E-state index in [1.54, 1.807) is 30.5 Å². The second-order valence-electron chi connectivity index (χ2n) is 8.93. The predicted molar refractivity (Wildman–Crippen MR) is 142 cm³/mol. The number of amides is 1. The number of Topliss-reactive ketones (excluding diaryl/α,β-unsaturated/α-hetero) is 1. The SMILES string of the molecule is Cc1ccc(S(=O)(=O)n2cc(C(=O)C(=O)N[C@H](Cc3c[nH]c4ccccc34)C(=O)O)c3ccccc32)cc1. The number of aliphatic carboxylic acids is 1. The molecule has 0 bridgehead atoms. The van der Waals surface area contributed by atoms with Gasteiger partial charge in [-0.15, -0.1) is 0 Å². The van der Waals surface area contributed by atoms with Gasteiger partial charge in [0.25, 0.3) is 21.7 Å². The van der Waals surface area contributed by atoms with E-state index < -0.39 is 33.7 Å². The molecule has 0 saturated heterocycles. The first-order valence-electron chi connectivity index (χ1n) is 11.7. The minimum Gasteiger partial charge on any atom is -0.480 e. The molecule has 0 aliphatic rings. The van der Waals surface area contributed by atoms with Crippen molar-refractivity contribution in [2.24, 2.45) is 0 Å². The van der Waals surface area contributed by atoms with Crippen molar-refractivity contribution in [3.05, 3.63) is 102 Å². The molecule has 0 aliphatic carbocycles. The Kier molecular flexibility index (Phi) is 6.33. The third-order valence-electron chi connectivity index (χ3n) is 6.41. The van der Waals surface area contributed by atoms with Gasteiger partial charge in [0.15, 0.2) is 0 Å². The van der Waals surface area contributed by atoms with Crippen LogP contribution in [0.15, 0.2) is 90.1 Å². The van der Waals surface area contributed by atoms with Crippen molar-refractivity contribution in [2.45, 2.75) is 24.3 Å². The van der Waals surface area contributed by atoms with Crippen molar-refractivity contribution >= 4 is 49.5 Å². The molecule has 0 fully saturated rings. The van der Waals surface area contributed by atoms with Gasteiger partial charge in [-0.2, -0.15) is 0 Å². The van der Waals surface area contributed by atoms with Crippen LogP contribution >= 0.6 is 0 Å². The van der Waals surface area contributed by atoms with Crippen LogP contribution in [-0.4, -0.2) is 46.2 Å². The number of hydrogen-bond acceptors (Lipinski definition) is 5. The third-order valence-corrected chi connectivity index (χ3v) is 8.10. The highest BCUT2D eigenvalue weighted by molar-refractivity contribution is 7.90. The van der Waals surface area contributed by atoms with Gasteiger partial charge in [0.05, 0.1) is 16.0 Å². The lowest BCUT2D eigenvalue weighted by Gasteiger charge is -2.13. The van der Waals surface area contributed by atoms with Crippen LogP contribution in [0.2, 0.25) is 0 Å². The Morgan fingerprint density at radius 2 is 1.61 bits per heavy atom. The van der Waals surface area contributed by atoms with Crippen molar-refractivity contribution in [3.8, 4) is 0 Å². The first-order valence-corrected chi connectivity index (χ1v) is 13.2. The maximum atomic E-state index is 13.4. The van der Waals surface area contributed by atoms with E-state index in [2.05, 4.69) is 10.3 Å². The number of fused-ring (bicyclic) bond motifs is 2. The minimum absolute atomic E-state index is 0.0250. The normalized spacial score (nSPS) is 12.4. The molecule has 10 heteroatoms. The molecule has 192 valence electrons. The Bertz CT molecular complexity index is 1820. The smallest absolute Gasteiger partial charge is 0.326 e. The molecule has 1 amide bonds. The van der Waals surface area contributed by atoms with Crippen molar-refractivity contribution < 1.29 is 27.9 Å². The van der Waals surface area contributed by atoms with Crippen LogP contribution in [-0.2, 0) is 26.0 Å². The molecule has 9 nitrogen and oxygen atoms in total. The Labute approximate surface area is 217 Å². The summed E-state index contributed by atoms with van der Waals surface area (Å²) in [6.45, 7) is 1.83. The van der Waals surface area contributed by atoms with Crippen LogP contribution in [0.3, 0.4) is 0 Å². The zero-order valence-corrected chi connectivity index (χ0v) is 21.0. The minimum atomic E-state index is -4.08. The highest BCUT2D eigenvalue weighted by Crippen LogP contribution is 2.27. The highest BCUT2D eigenvalue weighted by atomic mass is 32.2. The molecule has 5 rings (SSSR count). The molecule has 0 spiro atoms. The van der Waals surface area contributed by atoms with Gasteiger partial charge >= 0.3 is 5.97 Å². The quantitative estimate of drug-likeness (QED) is 0.207. The summed E-state index contributed by atoms with van der Waals surface area (Å²) in [7, 11) is -4.08. The molecule has 3 N–H and O–H groups in total. The lowest BCUT2D eigenvalue weighted by Crippen LogP contribution is -2.45. The van der Waals surface area contributed by atoms with E-state index in [9.17, 15) is 27.9 Å². The summed E-state index contributed by atoms with van der Waals surface area (Å²) in [4.78, 5) is 41.2. The monoisotopic (exact) mass is 529 g/mol. The number of carboxylic acid groups (broad SMARTS) is 1. The molecule has 1 atom stereocenters. The average molecular weight is 530 g/mol. The standard InChI is InChI=1S/C28H23N3O6S/c1-17-10-12-19(13-11-17)38(36,37)31-16-22(21-7-3-5-9-25(21)31)26(32)27(33)30-24(28(34)35)14-18-15-29-23-8-4-2-6-20(18)23/h2-13,15-16,24,29H,14H2,1H3,(H,30,33)(H,34,35)/t24-/m1/s1. The average Bonchev–Trinajstić information content (AvgIpc) is 3.50. The van der Waals surface area contributed by atoms with Gasteiger partial charge in [-0.25, -0.2) is 17.2 Å². The number of aromatic nitrogens is 2. The van der Waals surface area contributed by atoms with Crippen LogP contribution in [0.5, 0.6) is 0 Å². The van der Waals surface area contributed by atoms with Gasteiger partial charge in [0.2, 0.25) is 0 Å². The number of benzene rings is 3. The van der Waals surface area contributed by atoms with Gasteiger partial charge < -0.3 is 15.4 Å². The number of ketones is 1. The molecule has 3 aromatic carbocycles. The van der Waals surface area contributed by atoms with Crippen molar-refractivity contribution in [2.75, 3.05) is 0 Å². The molecular formula is C28H23N3O6S. The number of carboxylic acids is 1. The number of para-hydroxylation sites is 2. The Balaban J connectivity index is 1.46. The predicted octanol–water partition coefficient (Wildman–Crippen LogP) is 3.66. The third kappa shape index (κ3) is 4.46. The zero-order chi connectivity index (χ0) is 27.0. The number of hydrogen-bond donors (Lipinski definition) is 3. The summed E-state index contributed by atoms with van der Waals surface area (Å²) < 4.78 is 27.7. The number of H-pyrrole nitrogens is 1. The van der Waals surface area contributed by atoms with E-state index >= 15 is 0 Å². The maximum absolute atomic E-state index is 13.4. The van der Waals surface area contributed by atoms with E-state index in [1.165, 1.54) is 24.3 Å². The maximum Gasteiger partial charge on any atom is 0.326 e. The molecule has 5 aromatic rings. The number of aromatic amines is 1. The molecular weight excluding hydrogens is 506 g/mol.